The minimum atomic E-state index is -0.942. The maximum atomic E-state index is 10.9. The zero-order chi connectivity index (χ0) is 13.0. The van der Waals surface area contributed by atoms with Gasteiger partial charge >= 0.3 is 11.9 Å². The molecule has 1 rings (SSSR count). The molecule has 0 aliphatic carbocycles. The van der Waals surface area contributed by atoms with E-state index in [4.69, 9.17) is 14.2 Å². The molecular weight excluding hydrogens is 343 g/mol. The number of ether oxygens (including phenoxy) is 3. The van der Waals surface area contributed by atoms with Crippen LogP contribution in [-0.2, 0) is 23.8 Å². The van der Waals surface area contributed by atoms with Gasteiger partial charge in [-0.25, -0.2) is 0 Å². The summed E-state index contributed by atoms with van der Waals surface area (Å²) in [5.74, 6) is -0.868. The quantitative estimate of drug-likeness (QED) is 0.447. The van der Waals surface area contributed by atoms with Crippen molar-refractivity contribution < 1.29 is 28.9 Å². The fourth-order valence-corrected chi connectivity index (χ4v) is 2.20. The Morgan fingerprint density at radius 3 is 2.59 bits per heavy atom. The Balaban J connectivity index is 2.60. The summed E-state index contributed by atoms with van der Waals surface area (Å²) in [5.41, 5.74) is 0. The lowest BCUT2D eigenvalue weighted by molar-refractivity contribution is -0.216. The summed E-state index contributed by atoms with van der Waals surface area (Å²) in [5, 5.41) is 9.55. The number of hydrogen-bond donors (Lipinski definition) is 1. The summed E-state index contributed by atoms with van der Waals surface area (Å²) in [6.07, 6.45) is -1.60. The first-order chi connectivity index (χ1) is 7.90. The minimum absolute atomic E-state index is 0.0340. The van der Waals surface area contributed by atoms with Gasteiger partial charge in [-0.2, -0.15) is 0 Å². The zero-order valence-corrected chi connectivity index (χ0v) is 11.7. The van der Waals surface area contributed by atoms with Crippen LogP contribution >= 0.6 is 22.6 Å². The molecule has 0 unspecified atom stereocenters. The number of halogens is 1. The van der Waals surface area contributed by atoms with Crippen LogP contribution in [0.4, 0.5) is 0 Å². The molecule has 0 amide bonds. The third kappa shape index (κ3) is 4.76. The van der Waals surface area contributed by atoms with Crippen molar-refractivity contribution in [2.75, 3.05) is 6.61 Å². The van der Waals surface area contributed by atoms with E-state index < -0.39 is 30.4 Å². The van der Waals surface area contributed by atoms with E-state index >= 15 is 0 Å². The molecule has 17 heavy (non-hydrogen) atoms. The van der Waals surface area contributed by atoms with Crippen LogP contribution in [-0.4, -0.2) is 46.1 Å². The molecule has 7 heteroatoms. The topological polar surface area (TPSA) is 82.1 Å². The van der Waals surface area contributed by atoms with Gasteiger partial charge in [0.2, 0.25) is 0 Å². The Morgan fingerprint density at radius 2 is 2.06 bits per heavy atom. The average Bonchev–Trinajstić information content (AvgIpc) is 2.20. The summed E-state index contributed by atoms with van der Waals surface area (Å²) < 4.78 is 15.0. The number of carbonyl (C=O) groups is 2. The molecule has 0 aromatic carbocycles. The van der Waals surface area contributed by atoms with Crippen LogP contribution in [0.5, 0.6) is 0 Å². The van der Waals surface area contributed by atoms with Crippen LogP contribution in [0.25, 0.3) is 0 Å². The largest absolute Gasteiger partial charge is 0.463 e. The molecule has 1 aliphatic heterocycles. The Bertz CT molecular complexity index is 295. The number of hydrogen-bond acceptors (Lipinski definition) is 6. The van der Waals surface area contributed by atoms with Crippen LogP contribution in [0.1, 0.15) is 20.3 Å². The van der Waals surface area contributed by atoms with Crippen molar-refractivity contribution in [1.82, 2.24) is 0 Å². The smallest absolute Gasteiger partial charge is 0.302 e. The Labute approximate surface area is 113 Å². The summed E-state index contributed by atoms with van der Waals surface area (Å²) in [6, 6.07) is 0. The summed E-state index contributed by atoms with van der Waals surface area (Å²) in [6.45, 7) is 2.55. The van der Waals surface area contributed by atoms with E-state index in [0.717, 1.165) is 0 Å². The fraction of sp³-hybridized carbons (Fsp3) is 0.800. The summed E-state index contributed by atoms with van der Waals surface area (Å²) in [4.78, 5) is 21.6. The first-order valence-electron chi connectivity index (χ1n) is 5.18. The second kappa shape index (κ2) is 6.50. The van der Waals surface area contributed by atoms with E-state index in [9.17, 15) is 14.7 Å². The number of alkyl halides is 1. The second-order valence-electron chi connectivity index (χ2n) is 3.77. The van der Waals surface area contributed by atoms with Gasteiger partial charge in [0.25, 0.3) is 0 Å². The van der Waals surface area contributed by atoms with Crippen molar-refractivity contribution in [2.45, 2.75) is 42.7 Å². The molecule has 1 heterocycles. The number of carbonyl (C=O) groups excluding carboxylic acids is 2. The minimum Gasteiger partial charge on any atom is -0.463 e. The molecule has 1 aliphatic rings. The van der Waals surface area contributed by atoms with Gasteiger partial charge in [0, 0.05) is 20.3 Å². The van der Waals surface area contributed by atoms with Crippen LogP contribution in [0.3, 0.4) is 0 Å². The Hall–Kier alpha value is -0.410. The molecule has 98 valence electrons. The lowest BCUT2D eigenvalue weighted by Crippen LogP contribution is -2.48. The molecule has 0 aromatic rings. The highest BCUT2D eigenvalue weighted by Gasteiger charge is 2.38. The van der Waals surface area contributed by atoms with E-state index in [2.05, 4.69) is 0 Å². The molecule has 0 aromatic heterocycles. The average molecular weight is 358 g/mol. The fourth-order valence-electron chi connectivity index (χ4n) is 1.53. The predicted molar refractivity (Wildman–Crippen MR) is 65.5 cm³/mol. The molecule has 0 radical (unpaired) electrons. The van der Waals surface area contributed by atoms with Crippen LogP contribution < -0.4 is 0 Å². The number of aliphatic hydroxyl groups excluding tert-OH is 1. The van der Waals surface area contributed by atoms with E-state index in [0.29, 0.717) is 6.42 Å². The van der Waals surface area contributed by atoms with Gasteiger partial charge in [0.15, 0.2) is 6.29 Å². The van der Waals surface area contributed by atoms with Crippen LogP contribution in [0, 0.1) is 0 Å². The first kappa shape index (κ1) is 14.7. The van der Waals surface area contributed by atoms with Crippen molar-refractivity contribution in [3.8, 4) is 0 Å². The molecule has 1 fully saturated rings. The highest BCUT2D eigenvalue weighted by atomic mass is 127. The molecule has 1 N–H and O–H groups in total. The number of esters is 2. The van der Waals surface area contributed by atoms with Crippen molar-refractivity contribution in [3.63, 3.8) is 0 Å². The molecule has 1 saturated heterocycles. The van der Waals surface area contributed by atoms with E-state index in [-0.39, 0.29) is 10.5 Å². The lowest BCUT2D eigenvalue weighted by Gasteiger charge is -2.36. The molecule has 4 atom stereocenters. The zero-order valence-electron chi connectivity index (χ0n) is 9.59. The summed E-state index contributed by atoms with van der Waals surface area (Å²) >= 11 is 2.02. The Kier molecular flexibility index (Phi) is 5.60. The molecule has 0 spiro atoms. The van der Waals surface area contributed by atoms with Crippen molar-refractivity contribution in [1.29, 1.82) is 0 Å². The molecular formula is C10H15IO6. The number of aliphatic hydroxyl groups is 1. The predicted octanol–water partition coefficient (Wildman–Crippen LogP) is 0.392. The lowest BCUT2D eigenvalue weighted by atomic mass is 10.1. The molecule has 0 bridgehead atoms. The van der Waals surface area contributed by atoms with Gasteiger partial charge in [-0.1, -0.05) is 22.6 Å². The van der Waals surface area contributed by atoms with Crippen molar-refractivity contribution in [2.24, 2.45) is 0 Å². The van der Waals surface area contributed by atoms with Crippen molar-refractivity contribution >= 4 is 34.5 Å². The second-order valence-corrected chi connectivity index (χ2v) is 5.37. The van der Waals surface area contributed by atoms with Gasteiger partial charge in [0.1, 0.15) is 18.8 Å². The van der Waals surface area contributed by atoms with Gasteiger partial charge in [-0.05, 0) is 0 Å². The molecule has 6 nitrogen and oxygen atoms in total. The van der Waals surface area contributed by atoms with Crippen LogP contribution in [0.2, 0.25) is 0 Å². The van der Waals surface area contributed by atoms with Gasteiger partial charge < -0.3 is 19.3 Å². The number of rotatable bonds is 3. The monoisotopic (exact) mass is 358 g/mol. The van der Waals surface area contributed by atoms with E-state index in [1.165, 1.54) is 13.8 Å². The van der Waals surface area contributed by atoms with Crippen molar-refractivity contribution in [3.05, 3.63) is 0 Å². The third-order valence-electron chi connectivity index (χ3n) is 2.26. The van der Waals surface area contributed by atoms with Gasteiger partial charge in [0.05, 0.1) is 3.92 Å². The van der Waals surface area contributed by atoms with E-state index in [1.54, 1.807) is 0 Å². The van der Waals surface area contributed by atoms with Gasteiger partial charge in [-0.15, -0.1) is 0 Å². The van der Waals surface area contributed by atoms with E-state index in [1.807, 2.05) is 22.6 Å². The summed E-state index contributed by atoms with van der Waals surface area (Å²) in [7, 11) is 0. The van der Waals surface area contributed by atoms with Crippen LogP contribution in [0.15, 0.2) is 0 Å². The normalized spacial score (nSPS) is 32.9. The maximum absolute atomic E-state index is 10.9. The standard InChI is InChI=1S/C10H15IO6/c1-5(12)15-4-9-8(16-6(2)13)3-7(11)10(14)17-9/h7-10,14H,3-4H2,1-2H3/t7-,8-,9+,10-/m0/s1. The highest BCUT2D eigenvalue weighted by Crippen LogP contribution is 2.27. The third-order valence-corrected chi connectivity index (χ3v) is 3.39. The highest BCUT2D eigenvalue weighted by molar-refractivity contribution is 14.1. The Morgan fingerprint density at radius 1 is 1.41 bits per heavy atom. The van der Waals surface area contributed by atoms with Gasteiger partial charge in [-0.3, -0.25) is 9.59 Å². The molecule has 0 saturated carbocycles. The first-order valence-corrected chi connectivity index (χ1v) is 6.43. The maximum Gasteiger partial charge on any atom is 0.302 e. The SMILES string of the molecule is CC(=O)OC[C@H]1O[C@H](O)[C@@H](I)C[C@@H]1OC(C)=O.